The van der Waals surface area contributed by atoms with E-state index in [0.717, 1.165) is 5.56 Å². The average molecular weight is 336 g/mol. The number of benzene rings is 2. The van der Waals surface area contributed by atoms with E-state index in [1.165, 1.54) is 24.3 Å². The predicted molar refractivity (Wildman–Crippen MR) is 76.9 cm³/mol. The van der Waals surface area contributed by atoms with Crippen molar-refractivity contribution in [1.82, 2.24) is 0 Å². The minimum atomic E-state index is -4.69. The van der Waals surface area contributed by atoms with Crippen LogP contribution in [0.2, 0.25) is 10.0 Å². The molecule has 0 atom stereocenters. The highest BCUT2D eigenvalue weighted by molar-refractivity contribution is 6.43. The van der Waals surface area contributed by atoms with Gasteiger partial charge in [0.25, 0.3) is 0 Å². The van der Waals surface area contributed by atoms with Gasteiger partial charge in [0, 0.05) is 6.54 Å². The van der Waals surface area contributed by atoms with Gasteiger partial charge in [-0.1, -0.05) is 41.4 Å². The summed E-state index contributed by atoms with van der Waals surface area (Å²) in [5, 5.41) is 3.88. The normalized spacial score (nSPS) is 11.3. The lowest BCUT2D eigenvalue weighted by molar-refractivity contribution is -0.274. The molecule has 2 rings (SSSR count). The zero-order valence-electron chi connectivity index (χ0n) is 10.5. The maximum Gasteiger partial charge on any atom is 0.573 e. The molecule has 0 heterocycles. The summed E-state index contributed by atoms with van der Waals surface area (Å²) in [7, 11) is 0. The second-order valence-corrected chi connectivity index (χ2v) is 4.93. The molecule has 2 aromatic carbocycles. The quantitative estimate of drug-likeness (QED) is 0.796. The Morgan fingerprint density at radius 1 is 1.00 bits per heavy atom. The fraction of sp³-hybridized carbons (Fsp3) is 0.143. The number of alkyl halides is 3. The van der Waals surface area contributed by atoms with Gasteiger partial charge in [-0.15, -0.1) is 13.2 Å². The molecule has 7 heteroatoms. The fourth-order valence-corrected chi connectivity index (χ4v) is 2.01. The number of nitrogens with one attached hydrogen (secondary N) is 1. The molecule has 0 spiro atoms. The lowest BCUT2D eigenvalue weighted by Crippen LogP contribution is -2.17. The summed E-state index contributed by atoms with van der Waals surface area (Å²) in [4.78, 5) is 0. The van der Waals surface area contributed by atoms with Gasteiger partial charge < -0.3 is 10.1 Å². The van der Waals surface area contributed by atoms with Crippen LogP contribution in [0.25, 0.3) is 0 Å². The van der Waals surface area contributed by atoms with Crippen molar-refractivity contribution in [3.05, 3.63) is 58.1 Å². The summed E-state index contributed by atoms with van der Waals surface area (Å²) in [5.41, 5.74) is 1.43. The van der Waals surface area contributed by atoms with Crippen LogP contribution in [0.3, 0.4) is 0 Å². The van der Waals surface area contributed by atoms with E-state index in [0.29, 0.717) is 22.3 Å². The van der Waals surface area contributed by atoms with Crippen molar-refractivity contribution >= 4 is 28.9 Å². The highest BCUT2D eigenvalue weighted by Gasteiger charge is 2.30. The molecule has 0 bridgehead atoms. The Labute approximate surface area is 129 Å². The lowest BCUT2D eigenvalue weighted by Gasteiger charge is -2.11. The molecule has 21 heavy (non-hydrogen) atoms. The number of rotatable bonds is 4. The summed E-state index contributed by atoms with van der Waals surface area (Å²) in [6.45, 7) is 0.395. The minimum absolute atomic E-state index is 0.257. The second kappa shape index (κ2) is 6.45. The van der Waals surface area contributed by atoms with Gasteiger partial charge in [-0.3, -0.25) is 0 Å². The Morgan fingerprint density at radius 3 is 2.29 bits per heavy atom. The largest absolute Gasteiger partial charge is 0.573 e. The number of hydrogen-bond acceptors (Lipinski definition) is 2. The first kappa shape index (κ1) is 15.8. The van der Waals surface area contributed by atoms with Crippen molar-refractivity contribution in [2.75, 3.05) is 5.32 Å². The van der Waals surface area contributed by atoms with E-state index in [1.54, 1.807) is 18.2 Å². The minimum Gasteiger partial charge on any atom is -0.406 e. The van der Waals surface area contributed by atoms with Crippen LogP contribution in [0.15, 0.2) is 42.5 Å². The molecule has 2 aromatic rings. The Morgan fingerprint density at radius 2 is 1.67 bits per heavy atom. The van der Waals surface area contributed by atoms with Crippen LogP contribution in [-0.2, 0) is 6.54 Å². The molecule has 0 unspecified atom stereocenters. The number of hydrogen-bond donors (Lipinski definition) is 1. The third-order valence-electron chi connectivity index (χ3n) is 2.59. The molecule has 0 amide bonds. The molecule has 0 aliphatic rings. The van der Waals surface area contributed by atoms with Gasteiger partial charge in [-0.2, -0.15) is 0 Å². The Balaban J connectivity index is 1.99. The summed E-state index contributed by atoms with van der Waals surface area (Å²) in [5.74, 6) is -0.257. The second-order valence-electron chi connectivity index (χ2n) is 4.15. The van der Waals surface area contributed by atoms with Crippen LogP contribution in [0.1, 0.15) is 5.56 Å². The van der Waals surface area contributed by atoms with Crippen LogP contribution in [0.4, 0.5) is 18.9 Å². The number of ether oxygens (including phenoxy) is 1. The first-order chi connectivity index (χ1) is 9.85. The summed E-state index contributed by atoms with van der Waals surface area (Å²) in [6, 6.07) is 10.7. The van der Waals surface area contributed by atoms with E-state index in [2.05, 4.69) is 10.1 Å². The van der Waals surface area contributed by atoms with E-state index in [4.69, 9.17) is 23.2 Å². The predicted octanol–water partition coefficient (Wildman–Crippen LogP) is 5.50. The Bertz CT molecular complexity index is 615. The van der Waals surface area contributed by atoms with Crippen molar-refractivity contribution in [2.45, 2.75) is 12.9 Å². The Kier molecular flexibility index (Phi) is 4.85. The van der Waals surface area contributed by atoms with Crippen molar-refractivity contribution < 1.29 is 17.9 Å². The van der Waals surface area contributed by atoms with E-state index in [9.17, 15) is 13.2 Å². The molecular formula is C14H10Cl2F3NO. The molecule has 0 radical (unpaired) electrons. The van der Waals surface area contributed by atoms with Gasteiger partial charge in [-0.25, -0.2) is 0 Å². The average Bonchev–Trinajstić information content (AvgIpc) is 2.40. The summed E-state index contributed by atoms with van der Waals surface area (Å²) < 4.78 is 39.9. The first-order valence-electron chi connectivity index (χ1n) is 5.88. The molecule has 1 N–H and O–H groups in total. The van der Waals surface area contributed by atoms with Crippen molar-refractivity contribution in [1.29, 1.82) is 0 Å². The molecule has 0 saturated carbocycles. The molecule has 0 saturated heterocycles. The first-order valence-corrected chi connectivity index (χ1v) is 6.63. The summed E-state index contributed by atoms with van der Waals surface area (Å²) >= 11 is 11.9. The Hall–Kier alpha value is -1.59. The number of halogens is 5. The third-order valence-corrected chi connectivity index (χ3v) is 3.41. The maximum absolute atomic E-state index is 12.0. The van der Waals surface area contributed by atoms with E-state index in [1.807, 2.05) is 0 Å². The standard InChI is InChI=1S/C14H10Cl2F3NO/c15-11-2-1-3-12(13(11)16)20-8-9-4-6-10(7-5-9)21-14(17,18)19/h1-7,20H,8H2. The van der Waals surface area contributed by atoms with Crippen LogP contribution < -0.4 is 10.1 Å². The van der Waals surface area contributed by atoms with Gasteiger partial charge >= 0.3 is 6.36 Å². The maximum atomic E-state index is 12.0. The van der Waals surface area contributed by atoms with Gasteiger partial charge in [0.15, 0.2) is 0 Å². The van der Waals surface area contributed by atoms with Gasteiger partial charge in [0.05, 0.1) is 15.7 Å². The zero-order chi connectivity index (χ0) is 15.5. The molecule has 0 aliphatic carbocycles. The van der Waals surface area contributed by atoms with Crippen molar-refractivity contribution in [3.63, 3.8) is 0 Å². The highest BCUT2D eigenvalue weighted by atomic mass is 35.5. The van der Waals surface area contributed by atoms with Gasteiger partial charge in [0.1, 0.15) is 5.75 Å². The fourth-order valence-electron chi connectivity index (χ4n) is 1.65. The molecule has 0 fully saturated rings. The number of anilines is 1. The van der Waals surface area contributed by atoms with E-state index < -0.39 is 6.36 Å². The van der Waals surface area contributed by atoms with Crippen LogP contribution >= 0.6 is 23.2 Å². The third kappa shape index (κ3) is 4.72. The smallest absolute Gasteiger partial charge is 0.406 e. The molecule has 0 aliphatic heterocycles. The molecule has 0 aromatic heterocycles. The lowest BCUT2D eigenvalue weighted by atomic mass is 10.2. The van der Waals surface area contributed by atoms with Crippen molar-refractivity contribution in [2.24, 2.45) is 0 Å². The molecule has 2 nitrogen and oxygen atoms in total. The van der Waals surface area contributed by atoms with Gasteiger partial charge in [-0.05, 0) is 29.8 Å². The summed E-state index contributed by atoms with van der Waals surface area (Å²) in [6.07, 6.45) is -4.69. The van der Waals surface area contributed by atoms with E-state index >= 15 is 0 Å². The zero-order valence-corrected chi connectivity index (χ0v) is 12.1. The van der Waals surface area contributed by atoms with Crippen LogP contribution in [0, 0.1) is 0 Å². The topological polar surface area (TPSA) is 21.3 Å². The van der Waals surface area contributed by atoms with E-state index in [-0.39, 0.29) is 5.75 Å². The highest BCUT2D eigenvalue weighted by Crippen LogP contribution is 2.30. The SMILES string of the molecule is FC(F)(F)Oc1ccc(CNc2cccc(Cl)c2Cl)cc1. The monoisotopic (exact) mass is 335 g/mol. The van der Waals surface area contributed by atoms with Gasteiger partial charge in [0.2, 0.25) is 0 Å². The van der Waals surface area contributed by atoms with Crippen LogP contribution in [-0.4, -0.2) is 6.36 Å². The molecular weight excluding hydrogens is 326 g/mol. The van der Waals surface area contributed by atoms with Crippen molar-refractivity contribution in [3.8, 4) is 5.75 Å². The van der Waals surface area contributed by atoms with Crippen LogP contribution in [0.5, 0.6) is 5.75 Å². The molecule has 112 valence electrons.